The Morgan fingerprint density at radius 1 is 0.719 bits per heavy atom. The van der Waals surface area contributed by atoms with E-state index in [9.17, 15) is 24.0 Å². The van der Waals surface area contributed by atoms with Gasteiger partial charge in [0.25, 0.3) is 0 Å². The molecule has 15 heteroatoms. The van der Waals surface area contributed by atoms with Crippen LogP contribution in [0.25, 0.3) is 0 Å². The molecule has 0 fully saturated rings. The number of rotatable bonds is 6. The molecule has 0 heterocycles. The van der Waals surface area contributed by atoms with E-state index in [0.29, 0.717) is 13.1 Å². The molecule has 0 aromatic rings. The van der Waals surface area contributed by atoms with Gasteiger partial charge in [-0.05, 0) is 6.92 Å². The monoisotopic (exact) mass is 614 g/mol. The quantitative estimate of drug-likeness (QED) is 0.109. The maximum absolute atomic E-state index is 10.2. The van der Waals surface area contributed by atoms with Crippen molar-refractivity contribution in [3.8, 4) is 0 Å². The van der Waals surface area contributed by atoms with Gasteiger partial charge in [0, 0.05) is 108 Å². The zero-order chi connectivity index (χ0) is 26.4. The fourth-order valence-electron chi connectivity index (χ4n) is 0.674. The largest absolute Gasteiger partial charge is 0.370 e. The van der Waals surface area contributed by atoms with Crippen LogP contribution in [0, 0.1) is 39.9 Å². The Kier molecular flexibility index (Phi) is 65.2. The molecule has 0 spiro atoms. The second kappa shape index (κ2) is 43.4. The smallest absolute Gasteiger partial charge is 0.218 e. The van der Waals surface area contributed by atoms with Crippen molar-refractivity contribution in [2.45, 2.75) is 47.8 Å². The summed E-state index contributed by atoms with van der Waals surface area (Å²) in [6.07, 6.45) is -0.174. The number of nitrogens with one attached hydrogen (secondary N) is 2. The molecule has 0 aliphatic heterocycles. The molecule has 0 saturated carbocycles. The van der Waals surface area contributed by atoms with Crippen LogP contribution in [0.2, 0.25) is 0 Å². The number of amides is 5. The first-order valence-electron chi connectivity index (χ1n) is 8.96. The van der Waals surface area contributed by atoms with Crippen molar-refractivity contribution in [1.82, 2.24) is 10.6 Å². The minimum absolute atomic E-state index is 0. The molecule has 0 rings (SSSR count). The van der Waals surface area contributed by atoms with Gasteiger partial charge in [-0.1, -0.05) is 0 Å². The van der Waals surface area contributed by atoms with Crippen LogP contribution in [0.15, 0.2) is 0 Å². The van der Waals surface area contributed by atoms with Gasteiger partial charge in [-0.3, -0.25) is 24.0 Å². The molecular weight excluding hydrogens is 569 g/mol. The van der Waals surface area contributed by atoms with Crippen LogP contribution in [0.4, 0.5) is 0 Å². The fourth-order valence-corrected chi connectivity index (χ4v) is 0.674. The Bertz CT molecular complexity index is 389. The van der Waals surface area contributed by atoms with Gasteiger partial charge in [0.05, 0.1) is 0 Å². The van der Waals surface area contributed by atoms with E-state index in [1.165, 1.54) is 34.6 Å². The Balaban J connectivity index is -0.0000000480. The van der Waals surface area contributed by atoms with E-state index in [4.69, 9.17) is 16.2 Å². The predicted molar refractivity (Wildman–Crippen MR) is 121 cm³/mol. The minimum Gasteiger partial charge on any atom is -0.370 e. The van der Waals surface area contributed by atoms with Gasteiger partial charge in [-0.25, -0.2) is 0 Å². The summed E-state index contributed by atoms with van der Waals surface area (Å²) in [5.41, 5.74) is 28.2. The van der Waals surface area contributed by atoms with E-state index in [2.05, 4.69) is 33.6 Å². The molecule has 14 N–H and O–H groups in total. The van der Waals surface area contributed by atoms with Crippen molar-refractivity contribution in [1.29, 1.82) is 0 Å². The zero-order valence-corrected chi connectivity index (χ0v) is 22.4. The van der Waals surface area contributed by atoms with E-state index < -0.39 is 0 Å². The molecule has 0 bridgehead atoms. The first-order valence-corrected chi connectivity index (χ1v) is 8.96. The summed E-state index contributed by atoms with van der Waals surface area (Å²) in [6.45, 7) is 11.6. The summed E-state index contributed by atoms with van der Waals surface area (Å²) in [5, 5.41) is 5.57. The Morgan fingerprint density at radius 3 is 1.03 bits per heavy atom. The maximum atomic E-state index is 10.2. The molecule has 0 aliphatic carbocycles. The van der Waals surface area contributed by atoms with E-state index in [1.54, 1.807) is 14.0 Å². The minimum atomic E-state index is -0.333. The molecule has 0 aliphatic rings. The summed E-state index contributed by atoms with van der Waals surface area (Å²) in [7, 11) is 1.54. The zero-order valence-electron chi connectivity index (χ0n) is 20.2. The second-order valence-corrected chi connectivity index (χ2v) is 5.35. The third kappa shape index (κ3) is 298. The Morgan fingerprint density at radius 2 is 0.938 bits per heavy atom. The number of ether oxygens (including phenoxy) is 1. The number of carbonyl (C=O) groups excluding carboxylic acids is 5. The van der Waals surface area contributed by atoms with Gasteiger partial charge in [-0.2, -0.15) is 0 Å². The van der Waals surface area contributed by atoms with Crippen molar-refractivity contribution in [3.63, 3.8) is 0 Å². The van der Waals surface area contributed by atoms with Crippen LogP contribution in [-0.4, -0.2) is 69.1 Å². The molecule has 32 heavy (non-hydrogen) atoms. The van der Waals surface area contributed by atoms with E-state index in [1.807, 2.05) is 0 Å². The molecule has 0 aromatic heterocycles. The Hall–Kier alpha value is -1.49. The van der Waals surface area contributed by atoms with Gasteiger partial charge in [0.15, 0.2) is 0 Å². The van der Waals surface area contributed by atoms with Gasteiger partial charge in [-0.15, -0.1) is 0 Å². The third-order valence-electron chi connectivity index (χ3n) is 1.40. The first kappa shape index (κ1) is 48.1. The molecule has 0 saturated heterocycles. The van der Waals surface area contributed by atoms with Crippen LogP contribution in [0.5, 0.6) is 0 Å². The number of carbonyl (C=O) groups is 5. The molecule has 0 aromatic carbocycles. The van der Waals surface area contributed by atoms with Crippen molar-refractivity contribution in [2.75, 3.05) is 33.3 Å². The van der Waals surface area contributed by atoms with Crippen LogP contribution in [-0.2, 0) is 28.7 Å². The SMILES string of the molecule is CC(N)=O.CC(N)=O.CC(N)=O.CC(N)=O.COC(C)NC(C)=O.NCCNCCN.[Gd]. The summed E-state index contributed by atoms with van der Waals surface area (Å²) in [5.74, 6) is -1.40. The van der Waals surface area contributed by atoms with Crippen molar-refractivity contribution in [3.05, 3.63) is 0 Å². The van der Waals surface area contributed by atoms with E-state index in [0.717, 1.165) is 13.1 Å². The molecule has 1 atom stereocenters. The average Bonchev–Trinajstić information content (AvgIpc) is 2.53. The van der Waals surface area contributed by atoms with Gasteiger partial charge < -0.3 is 49.8 Å². The summed E-state index contributed by atoms with van der Waals surface area (Å²) in [6, 6.07) is 0. The topological polar surface area (TPSA) is 275 Å². The van der Waals surface area contributed by atoms with Crippen molar-refractivity contribution >= 4 is 29.5 Å². The summed E-state index contributed by atoms with van der Waals surface area (Å²) in [4.78, 5) is 47.1. The van der Waals surface area contributed by atoms with Crippen molar-refractivity contribution in [2.24, 2.45) is 34.4 Å². The third-order valence-corrected chi connectivity index (χ3v) is 1.40. The number of methoxy groups -OCH3 is 1. The van der Waals surface area contributed by atoms with Gasteiger partial charge in [0.1, 0.15) is 6.23 Å². The van der Waals surface area contributed by atoms with Crippen LogP contribution in [0.1, 0.15) is 41.5 Å². The summed E-state index contributed by atoms with van der Waals surface area (Å²) >= 11 is 0. The predicted octanol–water partition coefficient (Wildman–Crippen LogP) is -3.43. The van der Waals surface area contributed by atoms with E-state index in [-0.39, 0.29) is 75.7 Å². The molecular formula is C17H44GdN8O6. The van der Waals surface area contributed by atoms with Crippen LogP contribution < -0.4 is 45.0 Å². The molecule has 14 nitrogen and oxygen atoms in total. The Labute approximate surface area is 223 Å². The number of hydrogen-bond donors (Lipinski definition) is 8. The fraction of sp³-hybridized carbons (Fsp3) is 0.706. The molecule has 1 unspecified atom stereocenters. The van der Waals surface area contributed by atoms with Crippen LogP contribution >= 0.6 is 0 Å². The molecule has 196 valence electrons. The number of primary amides is 4. The summed E-state index contributed by atoms with van der Waals surface area (Å²) < 4.78 is 4.73. The number of nitrogens with two attached hydrogens (primary N) is 6. The van der Waals surface area contributed by atoms with Gasteiger partial charge >= 0.3 is 0 Å². The molecule has 0 radical (unpaired) electrons. The standard InChI is InChI=1S/C5H11NO2.C4H13N3.4C2H5NO.Gd/c1-4(7)6-5(2)8-3;5-1-3-7-4-2-6;4*1-2(3)4;/h5H,1-3H3,(H,6,7);7H,1-6H2;4*1H3,(H2,3,4);. The maximum Gasteiger partial charge on any atom is 0.218 e. The van der Waals surface area contributed by atoms with Crippen LogP contribution in [0.3, 0.4) is 0 Å². The second-order valence-electron chi connectivity index (χ2n) is 5.35. The average molecular weight is 614 g/mol. The number of hydrogen-bond acceptors (Lipinski definition) is 9. The first-order chi connectivity index (χ1) is 14.0. The van der Waals surface area contributed by atoms with E-state index >= 15 is 0 Å². The van der Waals surface area contributed by atoms with Crippen molar-refractivity contribution < 1.29 is 68.6 Å². The van der Waals surface area contributed by atoms with Gasteiger partial charge in [0.2, 0.25) is 29.5 Å². The normalized spacial score (nSPS) is 8.41. The molecule has 5 amide bonds.